The molecule has 0 aliphatic rings. The lowest BCUT2D eigenvalue weighted by Gasteiger charge is -2.29. The van der Waals surface area contributed by atoms with Crippen molar-refractivity contribution >= 4 is 13.3 Å². The van der Waals surface area contributed by atoms with Crippen LogP contribution in [0.5, 0.6) is 5.75 Å². The van der Waals surface area contributed by atoms with Crippen LogP contribution in [0.1, 0.15) is 41.5 Å². The molecular weight excluding hydrogens is 236 g/mol. The van der Waals surface area contributed by atoms with E-state index in [0.29, 0.717) is 0 Å². The van der Waals surface area contributed by atoms with Gasteiger partial charge in [0.1, 0.15) is 11.4 Å². The molecule has 0 aliphatic heterocycles. The van der Waals surface area contributed by atoms with Crippen molar-refractivity contribution in [2.75, 3.05) is 0 Å². The van der Waals surface area contributed by atoms with E-state index in [4.69, 9.17) is 4.74 Å². The number of benzene rings is 1. The molecule has 1 aromatic carbocycles. The van der Waals surface area contributed by atoms with Gasteiger partial charge in [0.15, 0.2) is 0 Å². The molecule has 0 unspecified atom stereocenters. The molecule has 0 saturated carbocycles. The van der Waals surface area contributed by atoms with Crippen molar-refractivity contribution in [1.82, 2.24) is 0 Å². The second kappa shape index (κ2) is 5.92. The van der Waals surface area contributed by atoms with Crippen LogP contribution in [-0.4, -0.2) is 13.7 Å². The van der Waals surface area contributed by atoms with Gasteiger partial charge in [0.25, 0.3) is 0 Å². The second-order valence-electron chi connectivity index (χ2n) is 6.08. The van der Waals surface area contributed by atoms with E-state index in [9.17, 15) is 0 Å². The number of hydrogen-bond acceptors (Lipinski definition) is 1. The lowest BCUT2D eigenvalue weighted by molar-refractivity contribution is 0.131. The van der Waals surface area contributed by atoms with E-state index >= 15 is 0 Å². The maximum atomic E-state index is 5.89. The zero-order chi connectivity index (χ0) is 13.8. The van der Waals surface area contributed by atoms with E-state index in [1.807, 2.05) is 0 Å². The largest absolute Gasteiger partial charge is 0.488 e. The Morgan fingerprint density at radius 3 is 1.67 bits per heavy atom. The molecule has 0 bridgehead atoms. The van der Waals surface area contributed by atoms with Gasteiger partial charge in [-0.05, 0) is 32.9 Å². The smallest absolute Gasteiger partial charge is 0.120 e. The van der Waals surface area contributed by atoms with E-state index in [0.717, 1.165) is 5.75 Å². The van der Waals surface area contributed by atoms with Crippen LogP contribution in [0.25, 0.3) is 0 Å². The Kier molecular flexibility index (Phi) is 5.03. The van der Waals surface area contributed by atoms with Crippen LogP contribution in [-0.2, 0) is 0 Å². The Bertz CT molecular complexity index is 349. The third-order valence-electron chi connectivity index (χ3n) is 3.92. The fraction of sp³-hybridized carbons (Fsp3) is 0.625. The minimum atomic E-state index is -1.23. The first-order chi connectivity index (χ1) is 8.37. The van der Waals surface area contributed by atoms with Gasteiger partial charge in [-0.1, -0.05) is 56.2 Å². The van der Waals surface area contributed by atoms with E-state index in [1.54, 1.807) is 5.19 Å². The average Bonchev–Trinajstić information content (AvgIpc) is 2.32. The maximum Gasteiger partial charge on any atom is 0.120 e. The van der Waals surface area contributed by atoms with Crippen LogP contribution in [0.2, 0.25) is 18.1 Å². The fourth-order valence-electron chi connectivity index (χ4n) is 2.59. The van der Waals surface area contributed by atoms with Crippen LogP contribution in [0.3, 0.4) is 0 Å². The quantitative estimate of drug-likeness (QED) is 0.707. The molecule has 0 radical (unpaired) electrons. The zero-order valence-corrected chi connectivity index (χ0v) is 13.8. The molecule has 0 spiro atoms. The topological polar surface area (TPSA) is 9.23 Å². The fourth-order valence-corrected chi connectivity index (χ4v) is 6.19. The summed E-state index contributed by atoms with van der Waals surface area (Å²) >= 11 is 0. The molecule has 102 valence electrons. The summed E-state index contributed by atoms with van der Waals surface area (Å²) in [5, 5.41) is 1.58. The standard InChI is InChI=1S/C16H28OSi/c1-7-18(8-2,9-3)15-12-10-14(11-13-15)17-16(4,5)6/h10-13H,7-9H2,1-6H3. The summed E-state index contributed by atoms with van der Waals surface area (Å²) in [4.78, 5) is 0. The minimum absolute atomic E-state index is 0.115. The molecular formula is C16H28OSi. The molecule has 0 aromatic heterocycles. The highest BCUT2D eigenvalue weighted by atomic mass is 28.3. The molecule has 2 heteroatoms. The Morgan fingerprint density at radius 2 is 1.33 bits per heavy atom. The molecule has 1 rings (SSSR count). The Balaban J connectivity index is 2.94. The molecule has 18 heavy (non-hydrogen) atoms. The van der Waals surface area contributed by atoms with Gasteiger partial charge in [-0.3, -0.25) is 0 Å². The molecule has 0 atom stereocenters. The summed E-state index contributed by atoms with van der Waals surface area (Å²) in [6.45, 7) is 13.3. The van der Waals surface area contributed by atoms with Crippen LogP contribution < -0.4 is 9.92 Å². The Hall–Kier alpha value is -0.763. The van der Waals surface area contributed by atoms with Gasteiger partial charge in [-0.2, -0.15) is 0 Å². The van der Waals surface area contributed by atoms with Crippen molar-refractivity contribution in [3.8, 4) is 5.75 Å². The number of hydrogen-bond donors (Lipinski definition) is 0. The van der Waals surface area contributed by atoms with Gasteiger partial charge in [0.05, 0.1) is 8.07 Å². The van der Waals surface area contributed by atoms with Crippen molar-refractivity contribution < 1.29 is 4.74 Å². The molecule has 0 heterocycles. The molecule has 0 amide bonds. The highest BCUT2D eigenvalue weighted by molar-refractivity contribution is 6.91. The zero-order valence-electron chi connectivity index (χ0n) is 12.8. The highest BCUT2D eigenvalue weighted by Crippen LogP contribution is 2.22. The van der Waals surface area contributed by atoms with Crippen molar-refractivity contribution in [2.24, 2.45) is 0 Å². The van der Waals surface area contributed by atoms with Crippen LogP contribution in [0, 0.1) is 0 Å². The molecule has 1 nitrogen and oxygen atoms in total. The van der Waals surface area contributed by atoms with E-state index in [1.165, 1.54) is 18.1 Å². The molecule has 1 aromatic rings. The first kappa shape index (κ1) is 15.3. The second-order valence-corrected chi connectivity index (χ2v) is 11.3. The van der Waals surface area contributed by atoms with Gasteiger partial charge in [0, 0.05) is 0 Å². The highest BCUT2D eigenvalue weighted by Gasteiger charge is 2.28. The molecule has 0 aliphatic carbocycles. The van der Waals surface area contributed by atoms with Crippen molar-refractivity contribution in [1.29, 1.82) is 0 Å². The van der Waals surface area contributed by atoms with Crippen molar-refractivity contribution in [3.05, 3.63) is 24.3 Å². The predicted molar refractivity (Wildman–Crippen MR) is 83.7 cm³/mol. The third-order valence-corrected chi connectivity index (χ3v) is 9.54. The first-order valence-electron chi connectivity index (χ1n) is 7.16. The third kappa shape index (κ3) is 3.61. The summed E-state index contributed by atoms with van der Waals surface area (Å²) in [6, 6.07) is 12.9. The van der Waals surface area contributed by atoms with E-state index < -0.39 is 8.07 Å². The summed E-state index contributed by atoms with van der Waals surface area (Å²) in [7, 11) is -1.23. The van der Waals surface area contributed by atoms with Gasteiger partial charge in [-0.25, -0.2) is 0 Å². The van der Waals surface area contributed by atoms with Crippen molar-refractivity contribution in [3.63, 3.8) is 0 Å². The molecule has 0 fully saturated rings. The lowest BCUT2D eigenvalue weighted by Crippen LogP contribution is -2.45. The summed E-state index contributed by atoms with van der Waals surface area (Å²) in [5.74, 6) is 0.984. The summed E-state index contributed by atoms with van der Waals surface area (Å²) < 4.78 is 5.89. The predicted octanol–water partition coefficient (Wildman–Crippen LogP) is 4.58. The monoisotopic (exact) mass is 264 g/mol. The van der Waals surface area contributed by atoms with Crippen LogP contribution in [0.4, 0.5) is 0 Å². The van der Waals surface area contributed by atoms with Gasteiger partial charge < -0.3 is 4.74 Å². The maximum absolute atomic E-state index is 5.89. The SMILES string of the molecule is CC[Si](CC)(CC)c1ccc(OC(C)(C)C)cc1. The number of rotatable bonds is 5. The van der Waals surface area contributed by atoms with Gasteiger partial charge in [-0.15, -0.1) is 0 Å². The summed E-state index contributed by atoms with van der Waals surface area (Å²) in [5.41, 5.74) is -0.115. The lowest BCUT2D eigenvalue weighted by atomic mass is 10.2. The van der Waals surface area contributed by atoms with Gasteiger partial charge >= 0.3 is 0 Å². The first-order valence-corrected chi connectivity index (χ1v) is 9.78. The molecule has 0 saturated heterocycles. The average molecular weight is 264 g/mol. The van der Waals surface area contributed by atoms with Crippen molar-refractivity contribution in [2.45, 2.75) is 65.3 Å². The van der Waals surface area contributed by atoms with E-state index in [2.05, 4.69) is 65.8 Å². The van der Waals surface area contributed by atoms with Gasteiger partial charge in [0.2, 0.25) is 0 Å². The van der Waals surface area contributed by atoms with Crippen LogP contribution in [0.15, 0.2) is 24.3 Å². The van der Waals surface area contributed by atoms with E-state index in [-0.39, 0.29) is 5.60 Å². The minimum Gasteiger partial charge on any atom is -0.488 e. The van der Waals surface area contributed by atoms with Crippen LogP contribution >= 0.6 is 0 Å². The normalized spacial score (nSPS) is 12.6. The molecule has 0 N–H and O–H groups in total. The number of ether oxygens (including phenoxy) is 1. The Labute approximate surface area is 114 Å². The Morgan fingerprint density at radius 1 is 0.889 bits per heavy atom. The summed E-state index contributed by atoms with van der Waals surface area (Å²) in [6.07, 6.45) is 0.